The lowest BCUT2D eigenvalue weighted by molar-refractivity contribution is -0.154. The number of hydrogen-bond acceptors (Lipinski definition) is 18. The van der Waals surface area contributed by atoms with Crippen LogP contribution in [0.25, 0.3) is 0 Å². The first-order valence-electron chi connectivity index (χ1n) is 21.0. The smallest absolute Gasteiger partial charge is 0.329 e. The molecule has 2 aromatic heterocycles. The van der Waals surface area contributed by atoms with E-state index in [0.717, 1.165) is 0 Å². The number of fused-ring (bicyclic) bond motifs is 8. The molecule has 20 nitrogen and oxygen atoms in total. The van der Waals surface area contributed by atoms with Gasteiger partial charge in [0.05, 0.1) is 25.9 Å². The molecule has 6 atom stereocenters. The summed E-state index contributed by atoms with van der Waals surface area (Å²) in [5, 5.41) is 11.0. The van der Waals surface area contributed by atoms with Crippen molar-refractivity contribution in [3.63, 3.8) is 0 Å². The summed E-state index contributed by atoms with van der Waals surface area (Å²) >= 11 is 0. The van der Waals surface area contributed by atoms with E-state index in [1.54, 1.807) is 75.3 Å². The highest BCUT2D eigenvalue weighted by Gasteiger charge is 2.44. The maximum absolute atomic E-state index is 13.5. The maximum Gasteiger partial charge on any atom is 0.329 e. The first-order valence-corrected chi connectivity index (χ1v) is 23.5. The van der Waals surface area contributed by atoms with Crippen LogP contribution >= 0.6 is 21.6 Å². The van der Waals surface area contributed by atoms with Gasteiger partial charge in [-0.15, -0.1) is 0 Å². The minimum Gasteiger partial charge on any atom is -0.473 e. The third kappa shape index (κ3) is 12.5. The van der Waals surface area contributed by atoms with Crippen LogP contribution in [-0.4, -0.2) is 117 Å². The molecule has 4 aliphatic heterocycles. The molecule has 6 heterocycles. The van der Waals surface area contributed by atoms with Gasteiger partial charge in [0.1, 0.15) is 50.0 Å². The number of rotatable bonds is 11. The van der Waals surface area contributed by atoms with Crippen molar-refractivity contribution in [2.75, 3.05) is 24.7 Å². The Labute approximate surface area is 377 Å². The number of cyclic esters (lactones) is 2. The van der Waals surface area contributed by atoms with Gasteiger partial charge in [-0.25, -0.2) is 29.5 Å². The highest BCUT2D eigenvalue weighted by molar-refractivity contribution is 8.76. The predicted octanol–water partition coefficient (Wildman–Crippen LogP) is 2.85. The van der Waals surface area contributed by atoms with Gasteiger partial charge in [0.25, 0.3) is 11.8 Å². The van der Waals surface area contributed by atoms with Crippen LogP contribution in [0.15, 0.2) is 55.6 Å². The lowest BCUT2D eigenvalue weighted by atomic mass is 10.00. The zero-order valence-corrected chi connectivity index (χ0v) is 38.1. The average molecular weight is 927 g/mol. The molecule has 0 aliphatic carbocycles. The van der Waals surface area contributed by atoms with Gasteiger partial charge < -0.3 is 49.0 Å². The second-order valence-electron chi connectivity index (χ2n) is 16.6. The Morgan fingerprint density at radius 1 is 0.672 bits per heavy atom. The van der Waals surface area contributed by atoms with Crippen LogP contribution in [-0.2, 0) is 60.8 Å². The number of carbonyl (C=O) groups excluding carboxylic acids is 6. The zero-order valence-electron chi connectivity index (χ0n) is 36.5. The van der Waals surface area contributed by atoms with E-state index in [9.17, 15) is 28.8 Å². The van der Waals surface area contributed by atoms with Crippen LogP contribution in [0.5, 0.6) is 0 Å². The van der Waals surface area contributed by atoms with Crippen LogP contribution in [0.1, 0.15) is 90.4 Å². The quantitative estimate of drug-likeness (QED) is 0.109. The molecule has 0 saturated carbocycles. The van der Waals surface area contributed by atoms with E-state index in [1.807, 2.05) is 12.2 Å². The van der Waals surface area contributed by atoms with Crippen molar-refractivity contribution in [2.24, 2.45) is 21.8 Å². The van der Waals surface area contributed by atoms with Gasteiger partial charge in [-0.3, -0.25) is 19.2 Å². The Kier molecular flexibility index (Phi) is 16.0. The average Bonchev–Trinajstić information content (AvgIpc) is 4.07. The number of oxazole rings is 2. The van der Waals surface area contributed by atoms with Gasteiger partial charge >= 0.3 is 11.9 Å². The van der Waals surface area contributed by atoms with Crippen molar-refractivity contribution < 1.29 is 56.5 Å². The fraction of sp³-hybridized carbons (Fsp3) is 0.571. The largest absolute Gasteiger partial charge is 0.473 e. The number of carbonyl (C=O) groups is 6. The second-order valence-corrected chi connectivity index (χ2v) is 19.3. The third-order valence-electron chi connectivity index (χ3n) is 10.3. The van der Waals surface area contributed by atoms with E-state index in [4.69, 9.17) is 27.8 Å². The molecule has 4 amide bonds. The van der Waals surface area contributed by atoms with Gasteiger partial charge in [0, 0.05) is 11.5 Å². The molecular weight excluding hydrogens is 873 g/mol. The van der Waals surface area contributed by atoms with Crippen molar-refractivity contribution in [2.45, 2.75) is 116 Å². The molecule has 2 aromatic rings. The predicted molar refractivity (Wildman–Crippen MR) is 233 cm³/mol. The summed E-state index contributed by atoms with van der Waals surface area (Å²) in [4.78, 5) is 97.2. The Morgan fingerprint density at radius 3 is 1.47 bits per heavy atom. The first-order chi connectivity index (χ1) is 30.5. The number of allylic oxidation sites excluding steroid dienone is 2. The number of amides is 4. The third-order valence-corrected chi connectivity index (χ3v) is 12.8. The number of ether oxygens (including phenoxy) is 4. The molecule has 0 radical (unpaired) electrons. The molecule has 4 aliphatic rings. The van der Waals surface area contributed by atoms with Crippen molar-refractivity contribution >= 4 is 69.0 Å². The van der Waals surface area contributed by atoms with Gasteiger partial charge in [-0.1, -0.05) is 61.4 Å². The zero-order chi connectivity index (χ0) is 46.0. The van der Waals surface area contributed by atoms with Gasteiger partial charge in [-0.05, 0) is 50.7 Å². The standard InChI is InChI=1S/C42H54N8O12S2/c1-23(2)33-37(53)61-25(15-29(51)43-17-31-45-27(19-57-31)35-49-41(5,21-59-35)39(55)47-33)11-7-9-13-63-64-14-10-8-12-26-16-30(52)44-18-32-46-28(20-58-32)36-50-42(6,22-60-36)40(56)48-34(24(3)4)38(54)62-26/h7-8,11-12,19-20,23-26,33-34H,9-10,13-18,21-22H2,1-6H3,(H,43,51)(H,44,52)(H,47,55)(H,48,56)/b11-7+,12-8+/t25-,26-,33+,34+,41+,42+/m1/s1. The highest BCUT2D eigenvalue weighted by atomic mass is 33.1. The lowest BCUT2D eigenvalue weighted by Gasteiger charge is -2.26. The number of aliphatic imine (C=N–C) groups is 2. The van der Waals surface area contributed by atoms with Gasteiger partial charge in [0.2, 0.25) is 35.4 Å². The van der Waals surface area contributed by atoms with Gasteiger partial charge in [-0.2, -0.15) is 0 Å². The van der Waals surface area contributed by atoms with E-state index < -0.39 is 70.9 Å². The number of nitrogens with one attached hydrogen (secondary N) is 4. The molecule has 0 saturated heterocycles. The van der Waals surface area contributed by atoms with Crippen LogP contribution in [0.2, 0.25) is 0 Å². The monoisotopic (exact) mass is 926 g/mol. The Balaban J connectivity index is 1.00. The van der Waals surface area contributed by atoms with E-state index in [-0.39, 0.29) is 85.9 Å². The van der Waals surface area contributed by atoms with Crippen molar-refractivity contribution in [1.82, 2.24) is 31.2 Å². The molecule has 346 valence electrons. The Hall–Kier alpha value is -5.64. The van der Waals surface area contributed by atoms with E-state index in [2.05, 4.69) is 41.2 Å². The Bertz CT molecular complexity index is 2040. The normalized spacial score (nSPS) is 27.3. The molecule has 0 unspecified atom stereocenters. The summed E-state index contributed by atoms with van der Waals surface area (Å²) in [7, 11) is 3.23. The minimum absolute atomic E-state index is 0.0245. The van der Waals surface area contributed by atoms with E-state index >= 15 is 0 Å². The molecule has 8 bridgehead atoms. The highest BCUT2D eigenvalue weighted by Crippen LogP contribution is 2.26. The van der Waals surface area contributed by atoms with Gasteiger partial charge in [0.15, 0.2) is 22.5 Å². The van der Waals surface area contributed by atoms with Crippen molar-refractivity contribution in [3.8, 4) is 0 Å². The SMILES string of the molecule is CC(C)[C@@H]1NC(=O)[C@]2(C)COC(=N2)c2coc(n2)CNC(=O)C[C@@H](/C=C/CCSSCC/C=C/[C@@H]2CC(=O)NCc3nc(co3)C3=N[C@@](C)(CO3)C(=O)N[C@@H](C(C)C)C(=O)O2)OC1=O. The fourth-order valence-electron chi connectivity index (χ4n) is 6.51. The molecule has 22 heteroatoms. The molecule has 6 rings (SSSR count). The van der Waals surface area contributed by atoms with E-state index in [0.29, 0.717) is 24.3 Å². The molecule has 0 spiro atoms. The second kappa shape index (κ2) is 21.4. The molecular formula is C42H54N8O12S2. The number of hydrogen-bond donors (Lipinski definition) is 4. The summed E-state index contributed by atoms with van der Waals surface area (Å²) in [6, 6.07) is -2.02. The molecule has 64 heavy (non-hydrogen) atoms. The molecule has 4 N–H and O–H groups in total. The van der Waals surface area contributed by atoms with Crippen molar-refractivity contribution in [3.05, 3.63) is 60.0 Å². The summed E-state index contributed by atoms with van der Waals surface area (Å²) in [5.74, 6) is -1.84. The van der Waals surface area contributed by atoms with Crippen molar-refractivity contribution in [1.29, 1.82) is 0 Å². The molecule has 0 aromatic carbocycles. The van der Waals surface area contributed by atoms with E-state index in [1.165, 1.54) is 12.5 Å². The fourth-order valence-corrected chi connectivity index (χ4v) is 8.49. The summed E-state index contributed by atoms with van der Waals surface area (Å²) in [6.07, 6.45) is 8.69. The van der Waals surface area contributed by atoms with Crippen LogP contribution in [0.3, 0.4) is 0 Å². The number of aromatic nitrogens is 2. The molecule has 0 fully saturated rings. The first kappa shape index (κ1) is 47.8. The van der Waals surface area contributed by atoms with Crippen LogP contribution in [0.4, 0.5) is 0 Å². The summed E-state index contributed by atoms with van der Waals surface area (Å²) in [5.41, 5.74) is -2.05. The maximum atomic E-state index is 13.5. The minimum atomic E-state index is -1.31. The summed E-state index contributed by atoms with van der Waals surface area (Å²) in [6.45, 7) is 10.1. The lowest BCUT2D eigenvalue weighted by Crippen LogP contribution is -2.53. The topological polar surface area (TPSA) is 264 Å². The van der Waals surface area contributed by atoms with Crippen LogP contribution < -0.4 is 21.3 Å². The Morgan fingerprint density at radius 2 is 1.08 bits per heavy atom. The van der Waals surface area contributed by atoms with Crippen LogP contribution in [0, 0.1) is 11.8 Å². The summed E-state index contributed by atoms with van der Waals surface area (Å²) < 4.78 is 33.9. The number of esters is 2. The number of nitrogens with zero attached hydrogens (tertiary/aromatic N) is 4.